The topological polar surface area (TPSA) is 60.0 Å². The zero-order valence-electron chi connectivity index (χ0n) is 17.5. The van der Waals surface area contributed by atoms with Crippen molar-refractivity contribution in [2.45, 2.75) is 64.3 Å². The Balaban J connectivity index is 0.00000364. The highest BCUT2D eigenvalue weighted by atomic mass is 127. The molecular formula is C20H40IN5O. The molecular weight excluding hydrogens is 453 g/mol. The van der Waals surface area contributed by atoms with Crippen LogP contribution < -0.4 is 10.6 Å². The van der Waals surface area contributed by atoms with Crippen LogP contribution in [0.25, 0.3) is 0 Å². The number of nitrogens with zero attached hydrogens (tertiary/aromatic N) is 3. The van der Waals surface area contributed by atoms with Crippen molar-refractivity contribution in [3.05, 3.63) is 0 Å². The molecule has 1 heterocycles. The number of carbonyl (C=O) groups is 1. The minimum absolute atomic E-state index is 0. The number of amides is 1. The second-order valence-corrected chi connectivity index (χ2v) is 7.98. The van der Waals surface area contributed by atoms with Crippen molar-refractivity contribution in [1.29, 1.82) is 0 Å². The molecule has 1 atom stereocenters. The molecule has 1 amide bonds. The number of aliphatic imine (C=N–C) groups is 1. The second kappa shape index (κ2) is 13.6. The zero-order chi connectivity index (χ0) is 18.8. The van der Waals surface area contributed by atoms with Crippen molar-refractivity contribution in [3.8, 4) is 0 Å². The summed E-state index contributed by atoms with van der Waals surface area (Å²) in [5, 5.41) is 6.92. The first-order valence-electron chi connectivity index (χ1n) is 10.6. The minimum Gasteiger partial charge on any atom is -0.356 e. The second-order valence-electron chi connectivity index (χ2n) is 7.98. The number of guanidine groups is 1. The largest absolute Gasteiger partial charge is 0.356 e. The van der Waals surface area contributed by atoms with Gasteiger partial charge in [0.25, 0.3) is 0 Å². The van der Waals surface area contributed by atoms with Gasteiger partial charge >= 0.3 is 0 Å². The Bertz CT molecular complexity index is 452. The molecule has 1 saturated heterocycles. The SMILES string of the molecule is CCN1CCCC1CNC(=NCC(=O)N(C)C)NCCCC1CCCC1.I. The lowest BCUT2D eigenvalue weighted by atomic mass is 10.0. The molecule has 2 aliphatic rings. The summed E-state index contributed by atoms with van der Waals surface area (Å²) in [4.78, 5) is 20.5. The van der Waals surface area contributed by atoms with E-state index in [1.54, 1.807) is 19.0 Å². The van der Waals surface area contributed by atoms with Crippen LogP contribution in [0.4, 0.5) is 0 Å². The zero-order valence-corrected chi connectivity index (χ0v) is 19.8. The van der Waals surface area contributed by atoms with Crippen molar-refractivity contribution in [3.63, 3.8) is 0 Å². The lowest BCUT2D eigenvalue weighted by Gasteiger charge is -2.24. The van der Waals surface area contributed by atoms with Crippen LogP contribution in [-0.2, 0) is 4.79 Å². The summed E-state index contributed by atoms with van der Waals surface area (Å²) in [5.41, 5.74) is 0. The standard InChI is InChI=1S/C20H39N5O.HI/c1-4-25-14-8-12-18(25)15-22-20(23-16-19(26)24(2)3)21-13-7-11-17-9-5-6-10-17;/h17-18H,4-16H2,1-3H3,(H2,21,22,23);1H. The summed E-state index contributed by atoms with van der Waals surface area (Å²) in [5.74, 6) is 1.75. The Labute approximate surface area is 182 Å². The van der Waals surface area contributed by atoms with Crippen LogP contribution in [0.1, 0.15) is 58.3 Å². The van der Waals surface area contributed by atoms with Crippen molar-refractivity contribution >= 4 is 35.8 Å². The van der Waals surface area contributed by atoms with Crippen LogP contribution in [0.2, 0.25) is 0 Å². The van der Waals surface area contributed by atoms with Crippen molar-refractivity contribution in [2.75, 3.05) is 46.8 Å². The van der Waals surface area contributed by atoms with Crippen LogP contribution in [-0.4, -0.2) is 74.5 Å². The Hall–Kier alpha value is -0.570. The van der Waals surface area contributed by atoms with Crippen LogP contribution >= 0.6 is 24.0 Å². The van der Waals surface area contributed by atoms with Crippen LogP contribution in [0.15, 0.2) is 4.99 Å². The van der Waals surface area contributed by atoms with Gasteiger partial charge in [-0.25, -0.2) is 4.99 Å². The summed E-state index contributed by atoms with van der Waals surface area (Å²) in [6, 6.07) is 0.579. The monoisotopic (exact) mass is 493 g/mol. The predicted molar refractivity (Wildman–Crippen MR) is 124 cm³/mol. The maximum Gasteiger partial charge on any atom is 0.243 e. The van der Waals surface area contributed by atoms with Crippen molar-refractivity contribution < 1.29 is 4.79 Å². The fraction of sp³-hybridized carbons (Fsp3) is 0.900. The minimum atomic E-state index is 0. The van der Waals surface area contributed by atoms with Gasteiger partial charge in [-0.15, -0.1) is 24.0 Å². The highest BCUT2D eigenvalue weighted by Crippen LogP contribution is 2.28. The lowest BCUT2D eigenvalue weighted by Crippen LogP contribution is -2.45. The first-order chi connectivity index (χ1) is 12.6. The third-order valence-electron chi connectivity index (χ3n) is 5.84. The van der Waals surface area contributed by atoms with Gasteiger partial charge in [0.1, 0.15) is 6.54 Å². The maximum absolute atomic E-state index is 11.9. The van der Waals surface area contributed by atoms with E-state index in [4.69, 9.17) is 0 Å². The first-order valence-corrected chi connectivity index (χ1v) is 10.6. The number of hydrogen-bond donors (Lipinski definition) is 2. The summed E-state index contributed by atoms with van der Waals surface area (Å²) >= 11 is 0. The van der Waals surface area contributed by atoms with Gasteiger partial charge in [-0.3, -0.25) is 9.69 Å². The third kappa shape index (κ3) is 8.98. The van der Waals surface area contributed by atoms with Gasteiger partial charge in [0, 0.05) is 33.2 Å². The number of likely N-dealkylation sites (tertiary alicyclic amines) is 1. The number of hydrogen-bond acceptors (Lipinski definition) is 3. The van der Waals surface area contributed by atoms with E-state index >= 15 is 0 Å². The molecule has 27 heavy (non-hydrogen) atoms. The molecule has 0 aromatic carbocycles. The maximum atomic E-state index is 11.9. The molecule has 0 aromatic heterocycles. The van der Waals surface area contributed by atoms with E-state index in [1.807, 2.05) is 0 Å². The molecule has 1 aliphatic heterocycles. The van der Waals surface area contributed by atoms with Gasteiger partial charge in [-0.2, -0.15) is 0 Å². The molecule has 0 bridgehead atoms. The first kappa shape index (κ1) is 24.5. The van der Waals surface area contributed by atoms with Crippen LogP contribution in [0.5, 0.6) is 0 Å². The third-order valence-corrected chi connectivity index (χ3v) is 5.84. The van der Waals surface area contributed by atoms with E-state index < -0.39 is 0 Å². The smallest absolute Gasteiger partial charge is 0.243 e. The summed E-state index contributed by atoms with van der Waals surface area (Å²) in [7, 11) is 3.55. The number of halogens is 1. The van der Waals surface area contributed by atoms with E-state index in [1.165, 1.54) is 57.9 Å². The van der Waals surface area contributed by atoms with Crippen molar-refractivity contribution in [2.24, 2.45) is 10.9 Å². The lowest BCUT2D eigenvalue weighted by molar-refractivity contribution is -0.127. The molecule has 0 aromatic rings. The quantitative estimate of drug-likeness (QED) is 0.225. The number of likely N-dealkylation sites (N-methyl/N-ethyl adjacent to an activating group) is 2. The molecule has 2 N–H and O–H groups in total. The Morgan fingerprint density at radius 2 is 1.89 bits per heavy atom. The van der Waals surface area contributed by atoms with Gasteiger partial charge < -0.3 is 15.5 Å². The van der Waals surface area contributed by atoms with Gasteiger partial charge in [0.2, 0.25) is 5.91 Å². The molecule has 6 nitrogen and oxygen atoms in total. The molecule has 1 aliphatic carbocycles. The van der Waals surface area contributed by atoms with E-state index in [0.29, 0.717) is 6.04 Å². The molecule has 1 saturated carbocycles. The van der Waals surface area contributed by atoms with Gasteiger partial charge in [-0.05, 0) is 44.7 Å². The summed E-state index contributed by atoms with van der Waals surface area (Å²) in [6.07, 6.45) is 10.6. The molecule has 2 rings (SSSR count). The number of carbonyl (C=O) groups excluding carboxylic acids is 1. The summed E-state index contributed by atoms with van der Waals surface area (Å²) < 4.78 is 0. The normalized spacial score (nSPS) is 21.1. The van der Waals surface area contributed by atoms with Gasteiger partial charge in [0.15, 0.2) is 5.96 Å². The average Bonchev–Trinajstić information content (AvgIpc) is 3.31. The molecule has 0 radical (unpaired) electrons. The fourth-order valence-corrected chi connectivity index (χ4v) is 4.12. The highest BCUT2D eigenvalue weighted by Gasteiger charge is 2.23. The molecule has 1 unspecified atom stereocenters. The molecule has 7 heteroatoms. The van der Waals surface area contributed by atoms with Crippen molar-refractivity contribution in [1.82, 2.24) is 20.4 Å². The van der Waals surface area contributed by atoms with E-state index in [9.17, 15) is 4.79 Å². The van der Waals surface area contributed by atoms with E-state index in [-0.39, 0.29) is 36.4 Å². The van der Waals surface area contributed by atoms with E-state index in [0.717, 1.165) is 31.5 Å². The number of nitrogens with one attached hydrogen (secondary N) is 2. The van der Waals surface area contributed by atoms with Gasteiger partial charge in [0.05, 0.1) is 0 Å². The average molecular weight is 493 g/mol. The molecule has 0 spiro atoms. The molecule has 2 fully saturated rings. The van der Waals surface area contributed by atoms with Gasteiger partial charge in [-0.1, -0.05) is 32.6 Å². The predicted octanol–water partition coefficient (Wildman–Crippen LogP) is 2.68. The fourth-order valence-electron chi connectivity index (χ4n) is 4.12. The number of rotatable bonds is 9. The summed E-state index contributed by atoms with van der Waals surface area (Å²) in [6.45, 7) is 6.56. The van der Waals surface area contributed by atoms with E-state index in [2.05, 4.69) is 27.4 Å². The Morgan fingerprint density at radius 1 is 1.15 bits per heavy atom. The van der Waals surface area contributed by atoms with Crippen LogP contribution in [0, 0.1) is 5.92 Å². The highest BCUT2D eigenvalue weighted by molar-refractivity contribution is 14.0. The Kier molecular flexibility index (Phi) is 12.3. The Morgan fingerprint density at radius 3 is 2.56 bits per heavy atom. The molecule has 158 valence electrons. The van der Waals surface area contributed by atoms with Crippen LogP contribution in [0.3, 0.4) is 0 Å².